The number of nitrogens with zero attached hydrogens (tertiary/aromatic N) is 1. The second kappa shape index (κ2) is 11.2. The van der Waals surface area contributed by atoms with E-state index in [-0.39, 0.29) is 18.6 Å². The highest BCUT2D eigenvalue weighted by Crippen LogP contribution is 2.43. The largest absolute Gasteiger partial charge is 0.493 e. The number of carbonyl (C=O) groups excluding carboxylic acids is 2. The summed E-state index contributed by atoms with van der Waals surface area (Å²) in [4.78, 5) is 26.6. The summed E-state index contributed by atoms with van der Waals surface area (Å²) in [6, 6.07) is 11.0. The van der Waals surface area contributed by atoms with Gasteiger partial charge < -0.3 is 24.4 Å². The molecule has 1 aliphatic rings. The average Bonchev–Trinajstić information content (AvgIpc) is 2.74. The predicted molar refractivity (Wildman–Crippen MR) is 136 cm³/mol. The Morgan fingerprint density at radius 2 is 1.86 bits per heavy atom. The van der Waals surface area contributed by atoms with Crippen molar-refractivity contribution < 1.29 is 23.8 Å². The van der Waals surface area contributed by atoms with Crippen LogP contribution in [0.4, 0.5) is 9.59 Å². The molecule has 0 bridgehead atoms. The third kappa shape index (κ3) is 6.82. The maximum Gasteiger partial charge on any atom is 0.410 e. The predicted octanol–water partition coefficient (Wildman–Crippen LogP) is 6.37. The average molecular weight is 503 g/mol. The molecule has 35 heavy (non-hydrogen) atoms. The van der Waals surface area contributed by atoms with Crippen molar-refractivity contribution >= 4 is 23.8 Å². The highest BCUT2D eigenvalue weighted by atomic mass is 35.5. The van der Waals surface area contributed by atoms with Crippen molar-refractivity contribution in [2.24, 2.45) is 0 Å². The number of rotatable bonds is 7. The first kappa shape index (κ1) is 26.7. The first-order valence-corrected chi connectivity index (χ1v) is 12.3. The zero-order valence-corrected chi connectivity index (χ0v) is 22.1. The molecule has 2 aromatic rings. The van der Waals surface area contributed by atoms with Crippen molar-refractivity contribution in [2.75, 3.05) is 19.7 Å². The number of likely N-dealkylation sites (tertiary alicyclic amines) is 1. The standard InChI is InChI=1S/C27H35ClN2O5/c1-7-33-24-21(18(3)29-25(31)35-27(4,5)6)13-22(28)17(2)23(24)20-14-30(15-20)26(32)34-16-19-11-9-8-10-12-19/h8-13,18,20H,7,14-16H2,1-6H3,(H,29,31). The summed E-state index contributed by atoms with van der Waals surface area (Å²) in [6.07, 6.45) is -0.857. The quantitative estimate of drug-likeness (QED) is 0.476. The van der Waals surface area contributed by atoms with Gasteiger partial charge in [0.05, 0.1) is 12.6 Å². The van der Waals surface area contributed by atoms with E-state index in [0.29, 0.717) is 30.5 Å². The van der Waals surface area contributed by atoms with Crippen LogP contribution in [-0.4, -0.2) is 42.4 Å². The van der Waals surface area contributed by atoms with Crippen LogP contribution in [-0.2, 0) is 16.1 Å². The second-order valence-corrected chi connectivity index (χ2v) is 10.2. The Kier molecular flexibility index (Phi) is 8.54. The van der Waals surface area contributed by atoms with Crippen molar-refractivity contribution in [1.29, 1.82) is 0 Å². The molecule has 1 saturated heterocycles. The van der Waals surface area contributed by atoms with Crippen LogP contribution in [0.2, 0.25) is 5.02 Å². The van der Waals surface area contributed by atoms with Gasteiger partial charge in [0.25, 0.3) is 0 Å². The fraction of sp³-hybridized carbons (Fsp3) is 0.481. The van der Waals surface area contributed by atoms with E-state index in [1.54, 1.807) is 4.90 Å². The van der Waals surface area contributed by atoms with Gasteiger partial charge in [0, 0.05) is 35.2 Å². The van der Waals surface area contributed by atoms with Crippen LogP contribution in [0.1, 0.15) is 68.8 Å². The molecular formula is C27H35ClN2O5. The van der Waals surface area contributed by atoms with E-state index in [1.165, 1.54) is 0 Å². The van der Waals surface area contributed by atoms with Crippen LogP contribution in [0.5, 0.6) is 5.75 Å². The van der Waals surface area contributed by atoms with Gasteiger partial charge in [-0.1, -0.05) is 41.9 Å². The molecule has 0 aliphatic carbocycles. The topological polar surface area (TPSA) is 77.1 Å². The Labute approximate surface area is 212 Å². The number of carbonyl (C=O) groups is 2. The van der Waals surface area contributed by atoms with E-state index in [4.69, 9.17) is 25.8 Å². The van der Waals surface area contributed by atoms with Crippen LogP contribution < -0.4 is 10.1 Å². The van der Waals surface area contributed by atoms with E-state index in [2.05, 4.69) is 5.32 Å². The molecule has 2 amide bonds. The van der Waals surface area contributed by atoms with Crippen molar-refractivity contribution in [1.82, 2.24) is 10.2 Å². The van der Waals surface area contributed by atoms with Crippen molar-refractivity contribution in [3.05, 3.63) is 63.7 Å². The first-order valence-electron chi connectivity index (χ1n) is 11.9. The highest BCUT2D eigenvalue weighted by molar-refractivity contribution is 6.31. The molecule has 0 aromatic heterocycles. The molecule has 7 nitrogen and oxygen atoms in total. The molecule has 1 heterocycles. The summed E-state index contributed by atoms with van der Waals surface area (Å²) in [5.41, 5.74) is 2.98. The van der Waals surface area contributed by atoms with Gasteiger partial charge in [-0.3, -0.25) is 0 Å². The zero-order chi connectivity index (χ0) is 25.8. The Bertz CT molecular complexity index is 1050. The molecule has 1 fully saturated rings. The number of nitrogens with one attached hydrogen (secondary N) is 1. The Morgan fingerprint density at radius 1 is 1.20 bits per heavy atom. The first-order chi connectivity index (χ1) is 16.5. The number of hydrogen-bond acceptors (Lipinski definition) is 5. The summed E-state index contributed by atoms with van der Waals surface area (Å²) < 4.78 is 16.9. The molecule has 1 aliphatic heterocycles. The van der Waals surface area contributed by atoms with E-state index >= 15 is 0 Å². The van der Waals surface area contributed by atoms with Gasteiger partial charge in [-0.25, -0.2) is 9.59 Å². The number of amides is 2. The van der Waals surface area contributed by atoms with Gasteiger partial charge in [-0.15, -0.1) is 0 Å². The molecule has 0 spiro atoms. The van der Waals surface area contributed by atoms with Gasteiger partial charge in [-0.05, 0) is 58.7 Å². The van der Waals surface area contributed by atoms with Gasteiger partial charge in [0.15, 0.2) is 0 Å². The summed E-state index contributed by atoms with van der Waals surface area (Å²) >= 11 is 6.62. The SMILES string of the molecule is CCOc1c(C(C)NC(=O)OC(C)(C)C)cc(Cl)c(C)c1C1CN(C(=O)OCc2ccccc2)C1. The van der Waals surface area contributed by atoms with E-state index in [0.717, 1.165) is 22.3 Å². The van der Waals surface area contributed by atoms with Crippen LogP contribution in [0.15, 0.2) is 36.4 Å². The normalized spacial score (nSPS) is 14.7. The minimum absolute atomic E-state index is 0.0481. The maximum atomic E-state index is 12.5. The third-order valence-corrected chi connectivity index (χ3v) is 6.19. The van der Waals surface area contributed by atoms with Crippen LogP contribution >= 0.6 is 11.6 Å². The number of halogens is 1. The van der Waals surface area contributed by atoms with Crippen LogP contribution in [0.3, 0.4) is 0 Å². The van der Waals surface area contributed by atoms with E-state index in [9.17, 15) is 9.59 Å². The molecule has 1 unspecified atom stereocenters. The molecule has 190 valence electrons. The van der Waals surface area contributed by atoms with Gasteiger partial charge in [0.2, 0.25) is 0 Å². The summed E-state index contributed by atoms with van der Waals surface area (Å²) in [5, 5.41) is 3.46. The lowest BCUT2D eigenvalue weighted by Crippen LogP contribution is -2.49. The zero-order valence-electron chi connectivity index (χ0n) is 21.3. The molecular weight excluding hydrogens is 468 g/mol. The lowest BCUT2D eigenvalue weighted by molar-refractivity contribution is 0.0506. The molecule has 8 heteroatoms. The van der Waals surface area contributed by atoms with Gasteiger partial charge in [0.1, 0.15) is 18.0 Å². The molecule has 1 N–H and O–H groups in total. The third-order valence-electron chi connectivity index (χ3n) is 5.79. The summed E-state index contributed by atoms with van der Waals surface area (Å²) in [5.74, 6) is 0.743. The second-order valence-electron chi connectivity index (χ2n) is 9.76. The number of ether oxygens (including phenoxy) is 3. The van der Waals surface area contributed by atoms with Gasteiger partial charge in [-0.2, -0.15) is 0 Å². The number of alkyl carbamates (subject to hydrolysis) is 1. The smallest absolute Gasteiger partial charge is 0.410 e. The van der Waals surface area contributed by atoms with Crippen molar-refractivity contribution in [3.63, 3.8) is 0 Å². The fourth-order valence-electron chi connectivity index (χ4n) is 4.07. The molecule has 3 rings (SSSR count). The lowest BCUT2D eigenvalue weighted by Gasteiger charge is -2.40. The highest BCUT2D eigenvalue weighted by Gasteiger charge is 2.37. The minimum Gasteiger partial charge on any atom is -0.493 e. The summed E-state index contributed by atoms with van der Waals surface area (Å²) in [6.45, 7) is 12.9. The van der Waals surface area contributed by atoms with Crippen LogP contribution in [0, 0.1) is 6.92 Å². The van der Waals surface area contributed by atoms with Crippen molar-refractivity contribution in [2.45, 2.75) is 65.7 Å². The fourth-order valence-corrected chi connectivity index (χ4v) is 4.29. The molecule has 0 saturated carbocycles. The Morgan fingerprint density at radius 3 is 2.46 bits per heavy atom. The molecule has 0 radical (unpaired) electrons. The monoisotopic (exact) mass is 502 g/mol. The van der Waals surface area contributed by atoms with E-state index < -0.39 is 17.7 Å². The number of hydrogen-bond donors (Lipinski definition) is 1. The molecule has 2 aromatic carbocycles. The molecule has 1 atom stereocenters. The maximum absolute atomic E-state index is 12.5. The Hall–Kier alpha value is -2.93. The number of benzene rings is 2. The summed E-state index contributed by atoms with van der Waals surface area (Å²) in [7, 11) is 0. The van der Waals surface area contributed by atoms with Crippen molar-refractivity contribution in [3.8, 4) is 5.75 Å². The Balaban J connectivity index is 1.75. The van der Waals surface area contributed by atoms with Gasteiger partial charge >= 0.3 is 12.2 Å². The van der Waals surface area contributed by atoms with Crippen LogP contribution in [0.25, 0.3) is 0 Å². The van der Waals surface area contributed by atoms with E-state index in [1.807, 2.05) is 77.9 Å². The lowest BCUT2D eigenvalue weighted by atomic mass is 9.85. The minimum atomic E-state index is -0.604.